The van der Waals surface area contributed by atoms with Gasteiger partial charge >= 0.3 is 12.1 Å². The molecule has 3 rings (SSSR count). The molecule has 1 aromatic heterocycles. The van der Waals surface area contributed by atoms with Gasteiger partial charge in [0.15, 0.2) is 0 Å². The summed E-state index contributed by atoms with van der Waals surface area (Å²) in [7, 11) is 0. The molecule has 0 spiro atoms. The van der Waals surface area contributed by atoms with E-state index in [0.717, 1.165) is 22.9 Å². The van der Waals surface area contributed by atoms with Crippen molar-refractivity contribution in [3.8, 4) is 11.3 Å². The molecule has 0 bridgehead atoms. The number of hydrogen-bond acceptors (Lipinski definition) is 1. The smallest absolute Gasteiger partial charge is 0.339 e. The van der Waals surface area contributed by atoms with Crippen LogP contribution >= 0.6 is 0 Å². The van der Waals surface area contributed by atoms with Crippen LogP contribution in [0.2, 0.25) is 0 Å². The van der Waals surface area contributed by atoms with Gasteiger partial charge in [0.25, 0.3) is 0 Å². The average Bonchev–Trinajstić information content (AvgIpc) is 2.53. The second kappa shape index (κ2) is 8.74. The summed E-state index contributed by atoms with van der Waals surface area (Å²) in [6.45, 7) is 1.19. The summed E-state index contributed by atoms with van der Waals surface area (Å²) >= 11 is 0. The van der Waals surface area contributed by atoms with E-state index in [0.29, 0.717) is 11.3 Å². The molecule has 133 valence electrons. The van der Waals surface area contributed by atoms with Crippen molar-refractivity contribution >= 4 is 16.7 Å². The Labute approximate surface area is 155 Å². The number of halogens is 3. The molecule has 7 heteroatoms. The molecule has 0 saturated heterocycles. The number of aliphatic carboxylic acids is 1. The number of pyridine rings is 1. The van der Waals surface area contributed by atoms with Gasteiger partial charge in [0.2, 0.25) is 0 Å². The summed E-state index contributed by atoms with van der Waals surface area (Å²) in [6, 6.07) is 15.5. The van der Waals surface area contributed by atoms with E-state index in [1.54, 1.807) is 6.20 Å². The standard InChI is InChI=1S/C16H9F3N.C2H4O2.Ir/c17-16(18,19)13-7-5-12(6-8-13)15-14-4-2-1-3-11(14)9-10-20-15;1-2(3)4;/h1-5,7-10H;1H3,(H,3,4);/q-1;;/p+1. The van der Waals surface area contributed by atoms with Crippen LogP contribution in [0.5, 0.6) is 0 Å². The van der Waals surface area contributed by atoms with E-state index in [1.165, 1.54) is 13.0 Å². The number of aromatic nitrogens is 1. The maximum absolute atomic E-state index is 12.5. The number of hydrogen-bond donors (Lipinski definition) is 1. The van der Waals surface area contributed by atoms with Crippen LogP contribution in [0.25, 0.3) is 22.0 Å². The van der Waals surface area contributed by atoms with Crippen LogP contribution in [0.3, 0.4) is 0 Å². The van der Waals surface area contributed by atoms with Crippen LogP contribution in [0.4, 0.5) is 13.2 Å². The fourth-order valence-corrected chi connectivity index (χ4v) is 2.08. The maximum Gasteiger partial charge on any atom is 0.477 e. The molecule has 3 nitrogen and oxygen atoms in total. The van der Waals surface area contributed by atoms with Gasteiger partial charge in [-0.3, -0.25) is 0 Å². The molecular formula is C18H14F3IrNO2. The number of aliphatic hydroxyl groups excluding tert-OH is 1. The Kier molecular flexibility index (Phi) is 7.27. The van der Waals surface area contributed by atoms with Crippen molar-refractivity contribution < 1.29 is 43.2 Å². The second-order valence-electron chi connectivity index (χ2n) is 4.92. The minimum Gasteiger partial charge on any atom is -0.339 e. The predicted molar refractivity (Wildman–Crippen MR) is 86.3 cm³/mol. The normalized spacial score (nSPS) is 10.4. The molecule has 1 radical (unpaired) electrons. The molecule has 25 heavy (non-hydrogen) atoms. The van der Waals surface area contributed by atoms with Crippen molar-refractivity contribution in [3.05, 3.63) is 66.4 Å². The van der Waals surface area contributed by atoms with Crippen LogP contribution in [-0.4, -0.2) is 20.9 Å². The largest absolute Gasteiger partial charge is 0.477 e. The van der Waals surface area contributed by atoms with Gasteiger partial charge in [-0.2, -0.15) is 13.2 Å². The summed E-state index contributed by atoms with van der Waals surface area (Å²) in [5, 5.41) is 9.41. The molecule has 0 saturated carbocycles. The molecule has 0 fully saturated rings. The van der Waals surface area contributed by atoms with E-state index in [9.17, 15) is 13.2 Å². The Morgan fingerprint density at radius 2 is 1.76 bits per heavy atom. The van der Waals surface area contributed by atoms with E-state index in [-0.39, 0.29) is 20.1 Å². The number of benzene rings is 2. The van der Waals surface area contributed by atoms with Crippen molar-refractivity contribution in [3.63, 3.8) is 0 Å². The first kappa shape index (κ1) is 20.8. The van der Waals surface area contributed by atoms with Crippen molar-refractivity contribution in [2.75, 3.05) is 0 Å². The Bertz CT molecular complexity index is 840. The summed E-state index contributed by atoms with van der Waals surface area (Å²) in [5.41, 5.74) is 0.480. The molecule has 2 N–H and O–H groups in total. The molecule has 0 atom stereocenters. The third-order valence-electron chi connectivity index (χ3n) is 3.07. The van der Waals surface area contributed by atoms with Crippen LogP contribution < -0.4 is 0 Å². The van der Waals surface area contributed by atoms with E-state index >= 15 is 0 Å². The quantitative estimate of drug-likeness (QED) is 0.367. The van der Waals surface area contributed by atoms with E-state index in [1.807, 2.05) is 30.3 Å². The Morgan fingerprint density at radius 1 is 1.12 bits per heavy atom. The summed E-state index contributed by atoms with van der Waals surface area (Å²) in [4.78, 5) is 11.8. The second-order valence-corrected chi connectivity index (χ2v) is 4.92. The zero-order chi connectivity index (χ0) is 17.7. The van der Waals surface area contributed by atoms with Gasteiger partial charge in [-0.25, -0.2) is 0 Å². The fourth-order valence-electron chi connectivity index (χ4n) is 2.08. The zero-order valence-corrected chi connectivity index (χ0v) is 15.4. The molecule has 0 aliphatic rings. The minimum atomic E-state index is -4.35. The first-order chi connectivity index (χ1) is 11.3. The van der Waals surface area contributed by atoms with Gasteiger partial charge in [0, 0.05) is 26.3 Å². The van der Waals surface area contributed by atoms with E-state index in [2.05, 4.69) is 11.1 Å². The number of carboxylic acid groups (broad SMARTS) is 1. The summed E-state index contributed by atoms with van der Waals surface area (Å²) in [5.74, 6) is -0.583. The van der Waals surface area contributed by atoms with E-state index < -0.39 is 17.7 Å². The van der Waals surface area contributed by atoms with Gasteiger partial charge in [-0.1, -0.05) is 24.3 Å². The summed E-state index contributed by atoms with van der Waals surface area (Å²) in [6.07, 6.45) is -2.70. The SMILES string of the molecule is CC(O)=[OH+].FC(F)(F)c1c[c-]c(-c2nccc3ccccc23)cc1.[Ir]. The number of rotatable bonds is 1. The minimum absolute atomic E-state index is 0. The van der Waals surface area contributed by atoms with Crippen LogP contribution in [-0.2, 0) is 26.3 Å². The van der Waals surface area contributed by atoms with Gasteiger partial charge in [-0.05, 0) is 28.1 Å². The fraction of sp³-hybridized carbons (Fsp3) is 0.111. The van der Waals surface area contributed by atoms with Crippen LogP contribution in [0.1, 0.15) is 12.5 Å². The number of carboxylic acids is 1. The van der Waals surface area contributed by atoms with Crippen molar-refractivity contribution in [2.24, 2.45) is 0 Å². The molecule has 2 aromatic carbocycles. The van der Waals surface area contributed by atoms with Gasteiger partial charge < -0.3 is 14.9 Å². The number of nitrogens with zero attached hydrogens (tertiary/aromatic N) is 1. The molecule has 0 aliphatic carbocycles. The Hall–Kier alpha value is -2.24. The number of fused-ring (bicyclic) bond motifs is 1. The third kappa shape index (κ3) is 5.66. The molecule has 1 heterocycles. The molecule has 0 aliphatic heterocycles. The average molecular weight is 526 g/mol. The van der Waals surface area contributed by atoms with Crippen molar-refractivity contribution in [2.45, 2.75) is 13.1 Å². The summed E-state index contributed by atoms with van der Waals surface area (Å²) < 4.78 is 37.6. The number of alkyl halides is 3. The molecule has 0 amide bonds. The monoisotopic (exact) mass is 526 g/mol. The topological polar surface area (TPSA) is 54.5 Å². The zero-order valence-electron chi connectivity index (χ0n) is 13.0. The van der Waals surface area contributed by atoms with Gasteiger partial charge in [-0.15, -0.1) is 29.8 Å². The first-order valence-electron chi connectivity index (χ1n) is 6.93. The Morgan fingerprint density at radius 3 is 2.32 bits per heavy atom. The van der Waals surface area contributed by atoms with Gasteiger partial charge in [0.05, 0.1) is 6.92 Å². The molecular weight excluding hydrogens is 511 g/mol. The van der Waals surface area contributed by atoms with Crippen LogP contribution in [0.15, 0.2) is 54.7 Å². The predicted octanol–water partition coefficient (Wildman–Crippen LogP) is 4.78. The molecule has 3 aromatic rings. The first-order valence-corrected chi connectivity index (χ1v) is 6.93. The van der Waals surface area contributed by atoms with Gasteiger partial charge in [0.1, 0.15) is 0 Å². The maximum atomic E-state index is 12.5. The van der Waals surface area contributed by atoms with Crippen molar-refractivity contribution in [1.82, 2.24) is 4.98 Å². The third-order valence-corrected chi connectivity index (χ3v) is 3.07. The molecule has 0 unspecified atom stereocenters. The van der Waals surface area contributed by atoms with Crippen LogP contribution in [0, 0.1) is 6.07 Å². The van der Waals surface area contributed by atoms with Crippen molar-refractivity contribution in [1.29, 1.82) is 0 Å². The van der Waals surface area contributed by atoms with E-state index in [4.69, 9.17) is 9.90 Å². The Balaban J connectivity index is 0.000000568.